The van der Waals surface area contributed by atoms with Crippen molar-refractivity contribution < 1.29 is 15.0 Å². The summed E-state index contributed by atoms with van der Waals surface area (Å²) in [5, 5.41) is 26.9. The summed E-state index contributed by atoms with van der Waals surface area (Å²) in [6, 6.07) is 5.78. The zero-order valence-corrected chi connectivity index (χ0v) is 12.9. The van der Waals surface area contributed by atoms with Crippen molar-refractivity contribution in [1.29, 1.82) is 0 Å². The van der Waals surface area contributed by atoms with E-state index in [1.165, 1.54) is 4.80 Å². The molecule has 2 N–H and O–H groups in total. The van der Waals surface area contributed by atoms with Gasteiger partial charge in [-0.25, -0.2) is 4.79 Å². The Labute approximate surface area is 128 Å². The fraction of sp³-hybridized carbons (Fsp3) is 0.400. The second-order valence-corrected chi connectivity index (χ2v) is 5.06. The molecule has 1 aromatic heterocycles. The van der Waals surface area contributed by atoms with Gasteiger partial charge in [-0.3, -0.25) is 0 Å². The first-order valence-corrected chi connectivity index (χ1v) is 7.12. The van der Waals surface area contributed by atoms with E-state index in [9.17, 15) is 9.90 Å². The lowest BCUT2D eigenvalue weighted by Gasteiger charge is -2.18. The van der Waals surface area contributed by atoms with Crippen LogP contribution in [0.15, 0.2) is 18.2 Å². The maximum Gasteiger partial charge on any atom is 0.360 e. The highest BCUT2D eigenvalue weighted by Crippen LogP contribution is 2.20. The van der Waals surface area contributed by atoms with Gasteiger partial charge in [0.2, 0.25) is 5.69 Å². The molecular formula is C15H20N4O3. The topological polar surface area (TPSA) is 91.5 Å². The third kappa shape index (κ3) is 3.09. The van der Waals surface area contributed by atoms with Crippen LogP contribution in [0.2, 0.25) is 0 Å². The molecule has 0 aliphatic heterocycles. The van der Waals surface area contributed by atoms with Crippen molar-refractivity contribution in [2.24, 2.45) is 0 Å². The Kier molecular flexibility index (Phi) is 4.77. The van der Waals surface area contributed by atoms with Gasteiger partial charge in [-0.05, 0) is 32.4 Å². The molecule has 0 radical (unpaired) electrons. The summed E-state index contributed by atoms with van der Waals surface area (Å²) in [6.45, 7) is 6.55. The molecule has 0 aliphatic rings. The molecule has 0 unspecified atom stereocenters. The highest BCUT2D eigenvalue weighted by atomic mass is 16.4. The third-order valence-electron chi connectivity index (χ3n) is 3.42. The van der Waals surface area contributed by atoms with Crippen molar-refractivity contribution in [3.8, 4) is 5.69 Å². The lowest BCUT2D eigenvalue weighted by atomic mass is 10.1. The molecule has 7 nitrogen and oxygen atoms in total. The van der Waals surface area contributed by atoms with Crippen molar-refractivity contribution in [3.05, 3.63) is 35.0 Å². The van der Waals surface area contributed by atoms with E-state index in [4.69, 9.17) is 5.11 Å². The van der Waals surface area contributed by atoms with E-state index in [1.807, 2.05) is 39.0 Å². The largest absolute Gasteiger partial charge is 0.476 e. The first-order valence-electron chi connectivity index (χ1n) is 7.12. The zero-order chi connectivity index (χ0) is 16.3. The number of rotatable bonds is 6. The number of aryl methyl sites for hydroxylation is 2. The van der Waals surface area contributed by atoms with Gasteiger partial charge in [-0.1, -0.05) is 17.7 Å². The fourth-order valence-electron chi connectivity index (χ4n) is 2.32. The second kappa shape index (κ2) is 6.57. The van der Waals surface area contributed by atoms with E-state index in [1.54, 1.807) is 4.90 Å². The Morgan fingerprint density at radius 2 is 2.05 bits per heavy atom. The summed E-state index contributed by atoms with van der Waals surface area (Å²) < 4.78 is 0. The number of carboxylic acid groups (broad SMARTS) is 1. The second-order valence-electron chi connectivity index (χ2n) is 5.06. The molecule has 7 heteroatoms. The highest BCUT2D eigenvalue weighted by molar-refractivity contribution is 5.91. The number of carboxylic acids is 1. The summed E-state index contributed by atoms with van der Waals surface area (Å²) in [7, 11) is 0. The molecule has 0 saturated carbocycles. The van der Waals surface area contributed by atoms with Gasteiger partial charge < -0.3 is 15.1 Å². The van der Waals surface area contributed by atoms with Crippen LogP contribution in [0.25, 0.3) is 5.69 Å². The average molecular weight is 304 g/mol. The van der Waals surface area contributed by atoms with E-state index in [0.717, 1.165) is 16.8 Å². The number of aliphatic hydroxyl groups excluding tert-OH is 1. The van der Waals surface area contributed by atoms with Crippen LogP contribution >= 0.6 is 0 Å². The van der Waals surface area contributed by atoms with Crippen molar-refractivity contribution >= 4 is 11.8 Å². The number of aromatic nitrogens is 3. The first kappa shape index (κ1) is 16.0. The van der Waals surface area contributed by atoms with Gasteiger partial charge in [0, 0.05) is 13.1 Å². The van der Waals surface area contributed by atoms with Crippen LogP contribution in [-0.4, -0.2) is 50.9 Å². The van der Waals surface area contributed by atoms with Crippen LogP contribution in [0.3, 0.4) is 0 Å². The Bertz CT molecular complexity index is 681. The standard InChI is InChI=1S/C15H20N4O3/c1-4-18(7-8-20)14-13(15(21)22)16-19(17-14)12-6-5-10(2)9-11(12)3/h5-6,9,20H,4,7-8H2,1-3H3,(H,21,22). The van der Waals surface area contributed by atoms with Crippen LogP contribution in [-0.2, 0) is 0 Å². The number of likely N-dealkylation sites (N-methyl/N-ethyl adjacent to an activating group) is 1. The lowest BCUT2D eigenvalue weighted by Crippen LogP contribution is -2.28. The Hall–Kier alpha value is -2.41. The van der Waals surface area contributed by atoms with Gasteiger partial charge in [0.1, 0.15) is 0 Å². The van der Waals surface area contributed by atoms with E-state index < -0.39 is 5.97 Å². The van der Waals surface area contributed by atoms with Gasteiger partial charge in [0.15, 0.2) is 5.82 Å². The monoisotopic (exact) mass is 304 g/mol. The molecule has 2 aromatic rings. The first-order chi connectivity index (χ1) is 10.5. The zero-order valence-electron chi connectivity index (χ0n) is 12.9. The molecule has 0 atom stereocenters. The van der Waals surface area contributed by atoms with Crippen molar-refractivity contribution in [1.82, 2.24) is 15.0 Å². The van der Waals surface area contributed by atoms with Crippen molar-refractivity contribution in [2.45, 2.75) is 20.8 Å². The van der Waals surface area contributed by atoms with Gasteiger partial charge in [-0.2, -0.15) is 0 Å². The van der Waals surface area contributed by atoms with E-state index in [0.29, 0.717) is 13.1 Å². The quantitative estimate of drug-likeness (QED) is 0.838. The van der Waals surface area contributed by atoms with E-state index >= 15 is 0 Å². The Morgan fingerprint density at radius 3 is 2.59 bits per heavy atom. The van der Waals surface area contributed by atoms with Crippen LogP contribution in [0, 0.1) is 13.8 Å². The SMILES string of the molecule is CCN(CCO)c1nn(-c2ccc(C)cc2C)nc1C(=O)O. The Morgan fingerprint density at radius 1 is 1.32 bits per heavy atom. The molecule has 0 saturated heterocycles. The molecule has 0 bridgehead atoms. The van der Waals surface area contributed by atoms with E-state index in [-0.39, 0.29) is 18.1 Å². The van der Waals surface area contributed by atoms with Gasteiger partial charge in [0.05, 0.1) is 12.3 Å². The summed E-state index contributed by atoms with van der Waals surface area (Å²) in [6.07, 6.45) is 0. The molecule has 2 rings (SSSR count). The average Bonchev–Trinajstić information content (AvgIpc) is 2.89. The summed E-state index contributed by atoms with van der Waals surface area (Å²) in [4.78, 5) is 14.5. The summed E-state index contributed by atoms with van der Waals surface area (Å²) in [5.41, 5.74) is 2.70. The molecule has 1 aromatic carbocycles. The third-order valence-corrected chi connectivity index (χ3v) is 3.42. The van der Waals surface area contributed by atoms with Crippen LogP contribution in [0.4, 0.5) is 5.82 Å². The maximum absolute atomic E-state index is 11.4. The molecule has 0 aliphatic carbocycles. The predicted octanol–water partition coefficient (Wildman–Crippen LogP) is 1.40. The number of aliphatic hydroxyl groups is 1. The van der Waals surface area contributed by atoms with E-state index in [2.05, 4.69) is 10.2 Å². The molecule has 0 spiro atoms. The fourth-order valence-corrected chi connectivity index (χ4v) is 2.32. The molecule has 22 heavy (non-hydrogen) atoms. The molecule has 0 amide bonds. The number of hydrogen-bond acceptors (Lipinski definition) is 5. The van der Waals surface area contributed by atoms with Gasteiger partial charge >= 0.3 is 5.97 Å². The van der Waals surface area contributed by atoms with Gasteiger partial charge in [-0.15, -0.1) is 15.0 Å². The smallest absolute Gasteiger partial charge is 0.360 e. The predicted molar refractivity (Wildman–Crippen MR) is 82.8 cm³/mol. The number of benzene rings is 1. The minimum Gasteiger partial charge on any atom is -0.476 e. The van der Waals surface area contributed by atoms with Crippen LogP contribution < -0.4 is 4.90 Å². The van der Waals surface area contributed by atoms with Crippen LogP contribution in [0.1, 0.15) is 28.5 Å². The summed E-state index contributed by atoms with van der Waals surface area (Å²) in [5.74, 6) is -0.869. The number of nitrogens with zero attached hydrogens (tertiary/aromatic N) is 4. The number of carbonyl (C=O) groups is 1. The van der Waals surface area contributed by atoms with Crippen molar-refractivity contribution in [2.75, 3.05) is 24.6 Å². The van der Waals surface area contributed by atoms with Gasteiger partial charge in [0.25, 0.3) is 0 Å². The number of anilines is 1. The van der Waals surface area contributed by atoms with Crippen molar-refractivity contribution in [3.63, 3.8) is 0 Å². The molecular weight excluding hydrogens is 284 g/mol. The molecule has 0 fully saturated rings. The number of aromatic carboxylic acids is 1. The Balaban J connectivity index is 2.52. The highest BCUT2D eigenvalue weighted by Gasteiger charge is 2.23. The molecule has 1 heterocycles. The normalized spacial score (nSPS) is 10.7. The maximum atomic E-state index is 11.4. The lowest BCUT2D eigenvalue weighted by molar-refractivity contribution is 0.0690. The minimum absolute atomic E-state index is 0.0800. The number of hydrogen-bond donors (Lipinski definition) is 2. The van der Waals surface area contributed by atoms with Crippen LogP contribution in [0.5, 0.6) is 0 Å². The minimum atomic E-state index is -1.14. The summed E-state index contributed by atoms with van der Waals surface area (Å²) >= 11 is 0. The molecule has 118 valence electrons.